The minimum atomic E-state index is -0.223. The second-order valence-electron chi connectivity index (χ2n) is 6.35. The molecule has 3 rings (SSSR count). The molecule has 1 aromatic rings. The molecule has 0 bridgehead atoms. The normalized spacial score (nSPS) is 24.2. The second kappa shape index (κ2) is 4.34. The Bertz CT molecular complexity index is 463. The van der Waals surface area contributed by atoms with Crippen molar-refractivity contribution in [2.75, 3.05) is 19.7 Å². The standard InChI is InChI=1S/C14H21N3O2/c1-13(2)9-17(7-8-19-13)12(18)14(3-4-14)10-16-6-5-15-11-16/h5-6,11H,3-4,7-10H2,1-2H3. The van der Waals surface area contributed by atoms with Crippen LogP contribution in [0.2, 0.25) is 0 Å². The first-order chi connectivity index (χ1) is 9.01. The zero-order valence-corrected chi connectivity index (χ0v) is 11.6. The molecule has 0 spiro atoms. The molecule has 0 aromatic carbocycles. The molecule has 104 valence electrons. The fraction of sp³-hybridized carbons (Fsp3) is 0.714. The summed E-state index contributed by atoms with van der Waals surface area (Å²) >= 11 is 0. The largest absolute Gasteiger partial charge is 0.372 e. The van der Waals surface area contributed by atoms with E-state index in [2.05, 4.69) is 4.98 Å². The maximum absolute atomic E-state index is 12.7. The monoisotopic (exact) mass is 263 g/mol. The summed E-state index contributed by atoms with van der Waals surface area (Å²) in [6.07, 6.45) is 7.45. The zero-order valence-electron chi connectivity index (χ0n) is 11.6. The number of aromatic nitrogens is 2. The van der Waals surface area contributed by atoms with Gasteiger partial charge in [-0.05, 0) is 26.7 Å². The van der Waals surface area contributed by atoms with E-state index in [-0.39, 0.29) is 16.9 Å². The van der Waals surface area contributed by atoms with E-state index in [1.165, 1.54) is 0 Å². The first-order valence-corrected chi connectivity index (χ1v) is 6.90. The van der Waals surface area contributed by atoms with Crippen molar-refractivity contribution in [2.45, 2.75) is 38.8 Å². The average molecular weight is 263 g/mol. The van der Waals surface area contributed by atoms with Crippen LogP contribution in [0.4, 0.5) is 0 Å². The molecule has 1 aliphatic heterocycles. The van der Waals surface area contributed by atoms with Crippen LogP contribution in [0.15, 0.2) is 18.7 Å². The van der Waals surface area contributed by atoms with Crippen molar-refractivity contribution in [1.82, 2.24) is 14.5 Å². The molecule has 0 N–H and O–H groups in total. The molecule has 0 radical (unpaired) electrons. The molecule has 2 heterocycles. The van der Waals surface area contributed by atoms with Crippen LogP contribution in [0.1, 0.15) is 26.7 Å². The number of morpholine rings is 1. The summed E-state index contributed by atoms with van der Waals surface area (Å²) < 4.78 is 7.69. The van der Waals surface area contributed by atoms with E-state index in [0.29, 0.717) is 19.7 Å². The van der Waals surface area contributed by atoms with Crippen molar-refractivity contribution in [3.05, 3.63) is 18.7 Å². The van der Waals surface area contributed by atoms with Crippen molar-refractivity contribution in [1.29, 1.82) is 0 Å². The summed E-state index contributed by atoms with van der Waals surface area (Å²) in [5.41, 5.74) is -0.410. The minimum absolute atomic E-state index is 0.186. The first kappa shape index (κ1) is 12.7. The molecule has 5 nitrogen and oxygen atoms in total. The van der Waals surface area contributed by atoms with Gasteiger partial charge < -0.3 is 14.2 Å². The van der Waals surface area contributed by atoms with E-state index in [1.807, 2.05) is 29.5 Å². The van der Waals surface area contributed by atoms with Crippen molar-refractivity contribution >= 4 is 5.91 Å². The fourth-order valence-electron chi connectivity index (χ4n) is 2.85. The van der Waals surface area contributed by atoms with Crippen molar-refractivity contribution < 1.29 is 9.53 Å². The van der Waals surface area contributed by atoms with Gasteiger partial charge in [0.15, 0.2) is 0 Å². The highest BCUT2D eigenvalue weighted by Gasteiger charge is 2.52. The smallest absolute Gasteiger partial charge is 0.230 e. The molecule has 0 unspecified atom stereocenters. The lowest BCUT2D eigenvalue weighted by Gasteiger charge is -2.39. The van der Waals surface area contributed by atoms with Crippen LogP contribution in [0.5, 0.6) is 0 Å². The van der Waals surface area contributed by atoms with E-state index in [9.17, 15) is 4.79 Å². The molecule has 1 saturated heterocycles. The van der Waals surface area contributed by atoms with Crippen LogP contribution in [0.25, 0.3) is 0 Å². The Balaban J connectivity index is 1.69. The van der Waals surface area contributed by atoms with Crippen LogP contribution in [0, 0.1) is 5.41 Å². The fourth-order valence-corrected chi connectivity index (χ4v) is 2.85. The lowest BCUT2D eigenvalue weighted by molar-refractivity contribution is -0.152. The maximum atomic E-state index is 12.7. The Morgan fingerprint density at radius 2 is 2.21 bits per heavy atom. The SMILES string of the molecule is CC1(C)CN(C(=O)C2(Cn3ccnc3)CC2)CCO1. The van der Waals surface area contributed by atoms with Gasteiger partial charge in [0.05, 0.1) is 24.0 Å². The summed E-state index contributed by atoms with van der Waals surface area (Å²) in [7, 11) is 0. The van der Waals surface area contributed by atoms with E-state index in [1.54, 1.807) is 12.5 Å². The van der Waals surface area contributed by atoms with Gasteiger partial charge in [0.25, 0.3) is 0 Å². The summed E-state index contributed by atoms with van der Waals surface area (Å²) in [5, 5.41) is 0. The highest BCUT2D eigenvalue weighted by Crippen LogP contribution is 2.49. The third kappa shape index (κ3) is 2.52. The number of carbonyl (C=O) groups excluding carboxylic acids is 1. The molecular weight excluding hydrogens is 242 g/mol. The third-order valence-electron chi connectivity index (χ3n) is 4.06. The Morgan fingerprint density at radius 1 is 1.42 bits per heavy atom. The topological polar surface area (TPSA) is 47.4 Å². The zero-order chi connectivity index (χ0) is 13.5. The molecule has 1 aliphatic carbocycles. The molecule has 0 atom stereocenters. The number of hydrogen-bond acceptors (Lipinski definition) is 3. The maximum Gasteiger partial charge on any atom is 0.230 e. The van der Waals surface area contributed by atoms with Crippen LogP contribution in [-0.4, -0.2) is 45.7 Å². The quantitative estimate of drug-likeness (QED) is 0.826. The Morgan fingerprint density at radius 3 is 2.79 bits per heavy atom. The Hall–Kier alpha value is -1.36. The molecule has 19 heavy (non-hydrogen) atoms. The number of nitrogens with zero attached hydrogens (tertiary/aromatic N) is 3. The predicted octanol–water partition coefficient (Wildman–Crippen LogP) is 1.30. The summed E-state index contributed by atoms with van der Waals surface area (Å²) in [4.78, 5) is 18.8. The van der Waals surface area contributed by atoms with Gasteiger partial charge in [-0.2, -0.15) is 0 Å². The van der Waals surface area contributed by atoms with Gasteiger partial charge in [-0.25, -0.2) is 4.98 Å². The summed E-state index contributed by atoms with van der Waals surface area (Å²) in [6.45, 7) is 6.89. The van der Waals surface area contributed by atoms with Crippen LogP contribution < -0.4 is 0 Å². The van der Waals surface area contributed by atoms with Crippen LogP contribution in [-0.2, 0) is 16.1 Å². The van der Waals surface area contributed by atoms with E-state index in [4.69, 9.17) is 4.74 Å². The molecule has 5 heteroatoms. The van der Waals surface area contributed by atoms with Crippen LogP contribution in [0.3, 0.4) is 0 Å². The number of rotatable bonds is 3. The van der Waals surface area contributed by atoms with Crippen molar-refractivity contribution in [3.63, 3.8) is 0 Å². The number of carbonyl (C=O) groups is 1. The third-order valence-corrected chi connectivity index (χ3v) is 4.06. The van der Waals surface area contributed by atoms with E-state index in [0.717, 1.165) is 19.4 Å². The summed E-state index contributed by atoms with van der Waals surface area (Å²) in [5.74, 6) is 0.289. The van der Waals surface area contributed by atoms with Gasteiger partial charge in [0.1, 0.15) is 0 Å². The van der Waals surface area contributed by atoms with Gasteiger partial charge in [0.2, 0.25) is 5.91 Å². The van der Waals surface area contributed by atoms with Gasteiger partial charge in [0, 0.05) is 32.0 Å². The Labute approximate surface area is 113 Å². The number of amides is 1. The molecule has 1 amide bonds. The highest BCUT2D eigenvalue weighted by atomic mass is 16.5. The molecule has 2 fully saturated rings. The number of ether oxygens (including phenoxy) is 1. The highest BCUT2D eigenvalue weighted by molar-refractivity contribution is 5.85. The van der Waals surface area contributed by atoms with Crippen molar-refractivity contribution in [2.24, 2.45) is 5.41 Å². The molecule has 1 saturated carbocycles. The van der Waals surface area contributed by atoms with Gasteiger partial charge in [-0.15, -0.1) is 0 Å². The minimum Gasteiger partial charge on any atom is -0.372 e. The van der Waals surface area contributed by atoms with Gasteiger partial charge in [-0.1, -0.05) is 0 Å². The second-order valence-corrected chi connectivity index (χ2v) is 6.35. The lowest BCUT2D eigenvalue weighted by atomic mass is 10.0. The predicted molar refractivity (Wildman–Crippen MR) is 70.5 cm³/mol. The lowest BCUT2D eigenvalue weighted by Crippen LogP contribution is -2.53. The number of hydrogen-bond donors (Lipinski definition) is 0. The molecule has 2 aliphatic rings. The van der Waals surface area contributed by atoms with Crippen molar-refractivity contribution in [3.8, 4) is 0 Å². The van der Waals surface area contributed by atoms with Gasteiger partial charge in [-0.3, -0.25) is 4.79 Å². The number of imidazole rings is 1. The summed E-state index contributed by atoms with van der Waals surface area (Å²) in [6, 6.07) is 0. The van der Waals surface area contributed by atoms with E-state index >= 15 is 0 Å². The molecular formula is C14H21N3O2. The van der Waals surface area contributed by atoms with Crippen LogP contribution >= 0.6 is 0 Å². The first-order valence-electron chi connectivity index (χ1n) is 6.90. The molecule has 1 aromatic heterocycles. The average Bonchev–Trinajstić information content (AvgIpc) is 2.94. The Kier molecular flexibility index (Phi) is 2.89. The van der Waals surface area contributed by atoms with Gasteiger partial charge >= 0.3 is 0 Å². The van der Waals surface area contributed by atoms with E-state index < -0.39 is 0 Å².